The molecule has 0 bridgehead atoms. The lowest BCUT2D eigenvalue weighted by Crippen LogP contribution is -2.28. The van der Waals surface area contributed by atoms with Gasteiger partial charge in [-0.1, -0.05) is 26.3 Å². The molecule has 0 aliphatic rings. The quantitative estimate of drug-likeness (QED) is 0.740. The molecule has 1 heterocycles. The lowest BCUT2D eigenvalue weighted by molar-refractivity contribution is 0.485. The number of furan rings is 1. The van der Waals surface area contributed by atoms with E-state index in [1.165, 1.54) is 19.3 Å². The molecular formula is C13H21NO. The van der Waals surface area contributed by atoms with Crippen LogP contribution >= 0.6 is 0 Å². The van der Waals surface area contributed by atoms with Crippen molar-refractivity contribution in [2.75, 3.05) is 6.54 Å². The summed E-state index contributed by atoms with van der Waals surface area (Å²) in [7, 11) is 0. The van der Waals surface area contributed by atoms with Gasteiger partial charge in [-0.25, -0.2) is 0 Å². The van der Waals surface area contributed by atoms with Gasteiger partial charge in [0.15, 0.2) is 0 Å². The van der Waals surface area contributed by atoms with Crippen LogP contribution in [0.15, 0.2) is 28.9 Å². The van der Waals surface area contributed by atoms with Crippen LogP contribution in [0.5, 0.6) is 0 Å². The highest BCUT2D eigenvalue weighted by molar-refractivity contribution is 5.42. The maximum atomic E-state index is 5.20. The van der Waals surface area contributed by atoms with Crippen molar-refractivity contribution in [2.24, 2.45) is 0 Å². The van der Waals surface area contributed by atoms with Crippen LogP contribution in [0.1, 0.15) is 38.9 Å². The largest absolute Gasteiger partial charge is 0.465 e. The standard InChI is InChI=1S/C13H21NO/c1-3-7-12(4-2)14-10-5-8-13-9-6-11-15-13/h5-6,8-9,11-12,14H,3-4,7,10H2,1-2H3/b8-5+. The summed E-state index contributed by atoms with van der Waals surface area (Å²) in [6.45, 7) is 5.37. The smallest absolute Gasteiger partial charge is 0.126 e. The molecule has 1 rings (SSSR count). The average molecular weight is 207 g/mol. The summed E-state index contributed by atoms with van der Waals surface area (Å²) in [6, 6.07) is 4.51. The van der Waals surface area contributed by atoms with Crippen LogP contribution in [-0.4, -0.2) is 12.6 Å². The highest BCUT2D eigenvalue weighted by atomic mass is 16.3. The third kappa shape index (κ3) is 4.84. The topological polar surface area (TPSA) is 25.2 Å². The summed E-state index contributed by atoms with van der Waals surface area (Å²) >= 11 is 0. The molecule has 0 saturated carbocycles. The van der Waals surface area contributed by atoms with Crippen LogP contribution in [-0.2, 0) is 0 Å². The van der Waals surface area contributed by atoms with E-state index >= 15 is 0 Å². The third-order valence-corrected chi connectivity index (χ3v) is 2.48. The molecule has 0 fully saturated rings. The first kappa shape index (κ1) is 12.1. The predicted molar refractivity (Wildman–Crippen MR) is 64.7 cm³/mol. The molecule has 2 nitrogen and oxygen atoms in total. The number of nitrogens with one attached hydrogen (secondary N) is 1. The first-order valence-corrected chi connectivity index (χ1v) is 5.80. The molecule has 0 saturated heterocycles. The molecule has 84 valence electrons. The molecule has 0 spiro atoms. The second-order valence-electron chi connectivity index (χ2n) is 3.72. The van der Waals surface area contributed by atoms with E-state index in [1.807, 2.05) is 18.2 Å². The maximum absolute atomic E-state index is 5.20. The molecule has 1 aromatic heterocycles. The van der Waals surface area contributed by atoms with E-state index in [2.05, 4.69) is 25.2 Å². The van der Waals surface area contributed by atoms with E-state index in [4.69, 9.17) is 4.42 Å². The summed E-state index contributed by atoms with van der Waals surface area (Å²) in [5, 5.41) is 3.50. The van der Waals surface area contributed by atoms with Crippen molar-refractivity contribution in [2.45, 2.75) is 39.2 Å². The summed E-state index contributed by atoms with van der Waals surface area (Å²) in [4.78, 5) is 0. The molecule has 1 N–H and O–H groups in total. The molecule has 0 amide bonds. The Morgan fingerprint density at radius 2 is 2.33 bits per heavy atom. The van der Waals surface area contributed by atoms with Crippen molar-refractivity contribution in [1.82, 2.24) is 5.32 Å². The first-order chi connectivity index (χ1) is 7.36. The molecule has 0 radical (unpaired) electrons. The van der Waals surface area contributed by atoms with Gasteiger partial charge >= 0.3 is 0 Å². The number of hydrogen-bond acceptors (Lipinski definition) is 2. The Bertz CT molecular complexity index is 264. The van der Waals surface area contributed by atoms with Crippen LogP contribution < -0.4 is 5.32 Å². The van der Waals surface area contributed by atoms with Gasteiger partial charge in [0.05, 0.1) is 6.26 Å². The van der Waals surface area contributed by atoms with Crippen LogP contribution in [0.25, 0.3) is 6.08 Å². The Balaban J connectivity index is 2.19. The minimum atomic E-state index is 0.649. The van der Waals surface area contributed by atoms with E-state index < -0.39 is 0 Å². The molecule has 0 aliphatic heterocycles. The molecule has 2 heteroatoms. The van der Waals surface area contributed by atoms with Gasteiger partial charge in [-0.15, -0.1) is 0 Å². The molecule has 0 aromatic carbocycles. The van der Waals surface area contributed by atoms with Crippen molar-refractivity contribution in [3.05, 3.63) is 30.2 Å². The first-order valence-electron chi connectivity index (χ1n) is 5.80. The zero-order valence-corrected chi connectivity index (χ0v) is 9.70. The normalized spacial score (nSPS) is 13.5. The highest BCUT2D eigenvalue weighted by Crippen LogP contribution is 2.03. The lowest BCUT2D eigenvalue weighted by atomic mass is 10.1. The van der Waals surface area contributed by atoms with Gasteiger partial charge in [0.2, 0.25) is 0 Å². The fourth-order valence-electron chi connectivity index (χ4n) is 1.59. The molecular weight excluding hydrogens is 186 g/mol. The fourth-order valence-corrected chi connectivity index (χ4v) is 1.59. The SMILES string of the molecule is CCCC(CC)NC/C=C/c1ccco1. The second-order valence-corrected chi connectivity index (χ2v) is 3.72. The van der Waals surface area contributed by atoms with Crippen molar-refractivity contribution >= 4 is 6.08 Å². The van der Waals surface area contributed by atoms with Crippen molar-refractivity contribution < 1.29 is 4.42 Å². The van der Waals surface area contributed by atoms with E-state index in [0.29, 0.717) is 6.04 Å². The monoisotopic (exact) mass is 207 g/mol. The van der Waals surface area contributed by atoms with Gasteiger partial charge in [-0.05, 0) is 31.1 Å². The Morgan fingerprint density at radius 1 is 1.47 bits per heavy atom. The zero-order chi connectivity index (χ0) is 10.9. The van der Waals surface area contributed by atoms with Gasteiger partial charge in [0.25, 0.3) is 0 Å². The van der Waals surface area contributed by atoms with Gasteiger partial charge in [0, 0.05) is 12.6 Å². The summed E-state index contributed by atoms with van der Waals surface area (Å²) in [6.07, 6.45) is 9.50. The van der Waals surface area contributed by atoms with Crippen LogP contribution in [0.2, 0.25) is 0 Å². The Labute approximate surface area is 92.4 Å². The third-order valence-electron chi connectivity index (χ3n) is 2.48. The van der Waals surface area contributed by atoms with Gasteiger partial charge in [-0.3, -0.25) is 0 Å². The fraction of sp³-hybridized carbons (Fsp3) is 0.538. The zero-order valence-electron chi connectivity index (χ0n) is 9.70. The Morgan fingerprint density at radius 3 is 2.93 bits per heavy atom. The minimum Gasteiger partial charge on any atom is -0.465 e. The van der Waals surface area contributed by atoms with Crippen LogP contribution in [0, 0.1) is 0 Å². The summed E-state index contributed by atoms with van der Waals surface area (Å²) < 4.78 is 5.20. The summed E-state index contributed by atoms with van der Waals surface area (Å²) in [5.74, 6) is 0.917. The van der Waals surface area contributed by atoms with Gasteiger partial charge in [0.1, 0.15) is 5.76 Å². The van der Waals surface area contributed by atoms with Crippen LogP contribution in [0.3, 0.4) is 0 Å². The van der Waals surface area contributed by atoms with Crippen molar-refractivity contribution in [1.29, 1.82) is 0 Å². The maximum Gasteiger partial charge on any atom is 0.126 e. The molecule has 1 aromatic rings. The minimum absolute atomic E-state index is 0.649. The molecule has 1 atom stereocenters. The summed E-state index contributed by atoms with van der Waals surface area (Å²) in [5.41, 5.74) is 0. The van der Waals surface area contributed by atoms with Crippen molar-refractivity contribution in [3.63, 3.8) is 0 Å². The Kier molecular flexibility index (Phi) is 5.86. The molecule has 1 unspecified atom stereocenters. The van der Waals surface area contributed by atoms with E-state index in [1.54, 1.807) is 6.26 Å². The molecule has 0 aliphatic carbocycles. The van der Waals surface area contributed by atoms with Crippen molar-refractivity contribution in [3.8, 4) is 0 Å². The number of hydrogen-bond donors (Lipinski definition) is 1. The predicted octanol–water partition coefficient (Wildman–Crippen LogP) is 3.46. The van der Waals surface area contributed by atoms with Crippen LogP contribution in [0.4, 0.5) is 0 Å². The molecule has 15 heavy (non-hydrogen) atoms. The number of rotatable bonds is 7. The van der Waals surface area contributed by atoms with E-state index in [9.17, 15) is 0 Å². The highest BCUT2D eigenvalue weighted by Gasteiger charge is 2.01. The lowest BCUT2D eigenvalue weighted by Gasteiger charge is -2.13. The van der Waals surface area contributed by atoms with Gasteiger partial charge < -0.3 is 9.73 Å². The second kappa shape index (κ2) is 7.30. The van der Waals surface area contributed by atoms with E-state index in [-0.39, 0.29) is 0 Å². The van der Waals surface area contributed by atoms with Gasteiger partial charge in [-0.2, -0.15) is 0 Å². The average Bonchev–Trinajstić information content (AvgIpc) is 2.75. The van der Waals surface area contributed by atoms with E-state index in [0.717, 1.165) is 12.3 Å². The Hall–Kier alpha value is -1.02.